The smallest absolute Gasteiger partial charge is 0.416 e. The van der Waals surface area contributed by atoms with E-state index in [9.17, 15) is 18.0 Å². The van der Waals surface area contributed by atoms with Crippen molar-refractivity contribution >= 4 is 23.2 Å². The summed E-state index contributed by atoms with van der Waals surface area (Å²) in [5, 5.41) is 3.60. The molecule has 0 fully saturated rings. The fraction of sp³-hybridized carbons (Fsp3) is 0.200. The fourth-order valence-corrected chi connectivity index (χ4v) is 2.87. The standard InChI is InChI=1S/C20H17ClF3N3O2/c1-12-15(21)4-3-5-16(12)25-19-26-18(28)17(29-2)11-27(19)10-13-6-8-14(9-7-13)20(22,23)24/h3-9,11H,10H2,1-2H3,(H,25,26,28). The lowest BCUT2D eigenvalue weighted by Gasteiger charge is -2.17. The molecular formula is C20H17ClF3N3O2. The van der Waals surface area contributed by atoms with Gasteiger partial charge in [-0.3, -0.25) is 4.79 Å². The van der Waals surface area contributed by atoms with Crippen LogP contribution in [0.3, 0.4) is 0 Å². The third-order valence-electron chi connectivity index (χ3n) is 4.33. The highest BCUT2D eigenvalue weighted by molar-refractivity contribution is 6.31. The van der Waals surface area contributed by atoms with Crippen molar-refractivity contribution in [3.63, 3.8) is 0 Å². The van der Waals surface area contributed by atoms with E-state index in [1.54, 1.807) is 22.8 Å². The fourth-order valence-electron chi connectivity index (χ4n) is 2.69. The zero-order valence-corrected chi connectivity index (χ0v) is 16.3. The van der Waals surface area contributed by atoms with E-state index in [4.69, 9.17) is 16.3 Å². The van der Waals surface area contributed by atoms with E-state index in [1.165, 1.54) is 25.4 Å². The van der Waals surface area contributed by atoms with Gasteiger partial charge in [-0.2, -0.15) is 18.2 Å². The molecule has 1 heterocycles. The van der Waals surface area contributed by atoms with Crippen molar-refractivity contribution in [1.82, 2.24) is 9.55 Å². The number of halogens is 4. The van der Waals surface area contributed by atoms with Gasteiger partial charge in [0.15, 0.2) is 0 Å². The zero-order valence-electron chi connectivity index (χ0n) is 15.5. The van der Waals surface area contributed by atoms with Crippen LogP contribution < -0.4 is 15.6 Å². The number of benzene rings is 2. The molecule has 0 bridgehead atoms. The Labute approximate surface area is 169 Å². The van der Waals surface area contributed by atoms with Crippen LogP contribution in [-0.4, -0.2) is 16.7 Å². The van der Waals surface area contributed by atoms with Crippen LogP contribution in [0.2, 0.25) is 5.02 Å². The quantitative estimate of drug-likeness (QED) is 0.625. The van der Waals surface area contributed by atoms with Gasteiger partial charge in [0.2, 0.25) is 11.7 Å². The van der Waals surface area contributed by atoms with Gasteiger partial charge < -0.3 is 14.6 Å². The summed E-state index contributed by atoms with van der Waals surface area (Å²) in [7, 11) is 1.34. The Morgan fingerprint density at radius 1 is 1.17 bits per heavy atom. The monoisotopic (exact) mass is 423 g/mol. The summed E-state index contributed by atoms with van der Waals surface area (Å²) in [5.41, 5.74) is 0.704. The summed E-state index contributed by atoms with van der Waals surface area (Å²) >= 11 is 6.14. The maximum atomic E-state index is 12.8. The summed E-state index contributed by atoms with van der Waals surface area (Å²) in [6, 6.07) is 10.0. The van der Waals surface area contributed by atoms with Gasteiger partial charge in [-0.25, -0.2) is 0 Å². The molecule has 1 aromatic heterocycles. The summed E-state index contributed by atoms with van der Waals surface area (Å²) in [6.45, 7) is 1.98. The Bertz CT molecular complexity index is 1080. The molecule has 2 aromatic carbocycles. The van der Waals surface area contributed by atoms with Gasteiger partial charge in [0.25, 0.3) is 0 Å². The molecular weight excluding hydrogens is 407 g/mol. The second-order valence-electron chi connectivity index (χ2n) is 6.30. The van der Waals surface area contributed by atoms with Crippen LogP contribution in [0.5, 0.6) is 5.75 Å². The third kappa shape index (κ3) is 4.71. The molecule has 0 amide bonds. The maximum Gasteiger partial charge on any atom is 0.416 e. The highest BCUT2D eigenvalue weighted by atomic mass is 35.5. The van der Waals surface area contributed by atoms with E-state index in [2.05, 4.69) is 10.3 Å². The molecule has 0 saturated heterocycles. The number of ether oxygens (including phenoxy) is 1. The first kappa shape index (κ1) is 20.7. The van der Waals surface area contributed by atoms with Gasteiger partial charge in [0.05, 0.1) is 25.4 Å². The van der Waals surface area contributed by atoms with Gasteiger partial charge >= 0.3 is 11.7 Å². The first-order valence-corrected chi connectivity index (χ1v) is 8.90. The molecule has 0 unspecified atom stereocenters. The number of hydrogen-bond acceptors (Lipinski definition) is 4. The molecule has 0 aliphatic rings. The molecule has 152 valence electrons. The lowest BCUT2D eigenvalue weighted by molar-refractivity contribution is -0.137. The number of methoxy groups -OCH3 is 1. The summed E-state index contributed by atoms with van der Waals surface area (Å²) < 4.78 is 45.0. The molecule has 0 saturated carbocycles. The molecule has 29 heavy (non-hydrogen) atoms. The average Bonchev–Trinajstić information content (AvgIpc) is 2.67. The number of hydrogen-bond donors (Lipinski definition) is 1. The maximum absolute atomic E-state index is 12.8. The topological polar surface area (TPSA) is 56.1 Å². The Kier molecular flexibility index (Phi) is 5.83. The van der Waals surface area contributed by atoms with Crippen LogP contribution in [-0.2, 0) is 12.7 Å². The Hall–Kier alpha value is -3.00. The van der Waals surface area contributed by atoms with Gasteiger partial charge in [-0.05, 0) is 42.3 Å². The molecule has 0 atom stereocenters. The number of nitrogens with zero attached hydrogens (tertiary/aromatic N) is 2. The molecule has 9 heteroatoms. The SMILES string of the molecule is COc1cn(Cc2ccc(C(F)(F)F)cc2)c(Nc2cccc(Cl)c2C)nc1=O. The summed E-state index contributed by atoms with van der Waals surface area (Å²) in [5.74, 6) is 0.228. The number of anilines is 2. The molecule has 0 aliphatic carbocycles. The van der Waals surface area contributed by atoms with Crippen molar-refractivity contribution in [3.8, 4) is 5.75 Å². The molecule has 3 rings (SSSR count). The highest BCUT2D eigenvalue weighted by Gasteiger charge is 2.29. The lowest BCUT2D eigenvalue weighted by Crippen LogP contribution is -2.19. The van der Waals surface area contributed by atoms with Gasteiger partial charge in [-0.15, -0.1) is 0 Å². The van der Waals surface area contributed by atoms with Gasteiger partial charge in [0, 0.05) is 10.7 Å². The number of aromatic nitrogens is 2. The second kappa shape index (κ2) is 8.16. The minimum atomic E-state index is -4.41. The summed E-state index contributed by atoms with van der Waals surface area (Å²) in [6.07, 6.45) is -2.95. The van der Waals surface area contributed by atoms with Crippen molar-refractivity contribution in [2.24, 2.45) is 0 Å². The highest BCUT2D eigenvalue weighted by Crippen LogP contribution is 2.30. The molecule has 0 aliphatic heterocycles. The third-order valence-corrected chi connectivity index (χ3v) is 4.74. The molecule has 0 radical (unpaired) electrons. The van der Waals surface area contributed by atoms with Crippen LogP contribution in [0.1, 0.15) is 16.7 Å². The van der Waals surface area contributed by atoms with Gasteiger partial charge in [0.1, 0.15) is 0 Å². The van der Waals surface area contributed by atoms with E-state index in [0.29, 0.717) is 16.3 Å². The molecule has 5 nitrogen and oxygen atoms in total. The normalized spacial score (nSPS) is 11.4. The second-order valence-corrected chi connectivity index (χ2v) is 6.71. The Morgan fingerprint density at radius 2 is 1.86 bits per heavy atom. The van der Waals surface area contributed by atoms with Crippen molar-refractivity contribution in [2.45, 2.75) is 19.6 Å². The minimum Gasteiger partial charge on any atom is -0.490 e. The van der Waals surface area contributed by atoms with E-state index in [1.807, 2.05) is 6.92 Å². The van der Waals surface area contributed by atoms with Crippen molar-refractivity contribution in [2.75, 3.05) is 12.4 Å². The van der Waals surface area contributed by atoms with E-state index < -0.39 is 17.3 Å². The van der Waals surface area contributed by atoms with E-state index >= 15 is 0 Å². The first-order chi connectivity index (χ1) is 13.7. The summed E-state index contributed by atoms with van der Waals surface area (Å²) in [4.78, 5) is 16.1. The zero-order chi connectivity index (χ0) is 21.2. The Morgan fingerprint density at radius 3 is 2.48 bits per heavy atom. The van der Waals surface area contributed by atoms with Crippen LogP contribution in [0.15, 0.2) is 53.5 Å². The largest absolute Gasteiger partial charge is 0.490 e. The molecule has 3 aromatic rings. The predicted molar refractivity (Wildman–Crippen MR) is 105 cm³/mol. The van der Waals surface area contributed by atoms with Crippen molar-refractivity contribution < 1.29 is 17.9 Å². The van der Waals surface area contributed by atoms with Crippen LogP contribution >= 0.6 is 11.6 Å². The van der Waals surface area contributed by atoms with E-state index in [-0.39, 0.29) is 18.2 Å². The number of alkyl halides is 3. The molecule has 0 spiro atoms. The van der Waals surface area contributed by atoms with Crippen LogP contribution in [0.4, 0.5) is 24.8 Å². The van der Waals surface area contributed by atoms with Crippen LogP contribution in [0.25, 0.3) is 0 Å². The van der Waals surface area contributed by atoms with Crippen molar-refractivity contribution in [1.29, 1.82) is 0 Å². The predicted octanol–water partition coefficient (Wildman–Crippen LogP) is 5.02. The van der Waals surface area contributed by atoms with E-state index in [0.717, 1.165) is 17.7 Å². The molecule has 1 N–H and O–H groups in total. The van der Waals surface area contributed by atoms with Crippen LogP contribution in [0, 0.1) is 6.92 Å². The number of rotatable bonds is 5. The first-order valence-electron chi connectivity index (χ1n) is 8.53. The minimum absolute atomic E-state index is 0.0188. The lowest BCUT2D eigenvalue weighted by atomic mass is 10.1. The van der Waals surface area contributed by atoms with Gasteiger partial charge in [-0.1, -0.05) is 29.8 Å². The number of nitrogens with one attached hydrogen (secondary N) is 1. The Balaban J connectivity index is 1.98. The van der Waals surface area contributed by atoms with Crippen molar-refractivity contribution in [3.05, 3.63) is 80.7 Å². The average molecular weight is 424 g/mol.